The molecule has 110 valence electrons. The van der Waals surface area contributed by atoms with Gasteiger partial charge in [-0.1, -0.05) is 27.7 Å². The first-order valence-corrected chi connectivity index (χ1v) is 8.18. The van der Waals surface area contributed by atoms with Gasteiger partial charge in [0.05, 0.1) is 0 Å². The molecule has 0 spiro atoms. The molecule has 0 unspecified atom stereocenters. The van der Waals surface area contributed by atoms with Gasteiger partial charge < -0.3 is 10.6 Å². The second-order valence-electron chi connectivity index (χ2n) is 4.59. The zero-order valence-corrected chi connectivity index (χ0v) is 14.3. The number of anilines is 1. The van der Waals surface area contributed by atoms with Crippen molar-refractivity contribution in [3.05, 3.63) is 52.5 Å². The van der Waals surface area contributed by atoms with Crippen LogP contribution >= 0.6 is 27.7 Å². The van der Waals surface area contributed by atoms with E-state index in [0.29, 0.717) is 0 Å². The summed E-state index contributed by atoms with van der Waals surface area (Å²) < 4.78 is 1.08. The van der Waals surface area contributed by atoms with Gasteiger partial charge in [-0.25, -0.2) is 0 Å². The van der Waals surface area contributed by atoms with Gasteiger partial charge in [-0.05, 0) is 55.1 Å². The van der Waals surface area contributed by atoms with Gasteiger partial charge in [0.2, 0.25) is 5.91 Å². The Labute approximate surface area is 137 Å². The van der Waals surface area contributed by atoms with E-state index in [1.54, 1.807) is 11.8 Å². The van der Waals surface area contributed by atoms with E-state index in [-0.39, 0.29) is 5.91 Å². The Hall–Kier alpha value is -1.30. The molecule has 0 aromatic heterocycles. The first-order chi connectivity index (χ1) is 10.1. The number of benzene rings is 2. The van der Waals surface area contributed by atoms with Crippen molar-refractivity contribution in [1.29, 1.82) is 0 Å². The third-order valence-electron chi connectivity index (χ3n) is 2.79. The summed E-state index contributed by atoms with van der Waals surface area (Å²) in [5, 5.41) is 5.96. The maximum absolute atomic E-state index is 11.0. The van der Waals surface area contributed by atoms with Crippen LogP contribution in [0.25, 0.3) is 0 Å². The Kier molecular flexibility index (Phi) is 5.85. The molecule has 2 N–H and O–H groups in total. The van der Waals surface area contributed by atoms with Crippen LogP contribution in [0.1, 0.15) is 12.5 Å². The number of nitrogens with one attached hydrogen (secondary N) is 2. The minimum Gasteiger partial charge on any atom is -0.326 e. The zero-order chi connectivity index (χ0) is 15.2. The lowest BCUT2D eigenvalue weighted by molar-refractivity contribution is -0.114. The zero-order valence-electron chi connectivity index (χ0n) is 11.9. The highest BCUT2D eigenvalue weighted by molar-refractivity contribution is 9.10. The molecule has 0 saturated carbocycles. The maximum Gasteiger partial charge on any atom is 0.221 e. The summed E-state index contributed by atoms with van der Waals surface area (Å²) in [6.45, 7) is 2.33. The molecule has 2 aromatic rings. The quantitative estimate of drug-likeness (QED) is 0.831. The molecule has 0 saturated heterocycles. The molecule has 0 aliphatic heterocycles. The minimum absolute atomic E-state index is 0.0559. The summed E-state index contributed by atoms with van der Waals surface area (Å²) in [6, 6.07) is 14.2. The molecule has 0 fully saturated rings. The van der Waals surface area contributed by atoms with E-state index < -0.39 is 0 Å². The standard InChI is InChI=1S/C16H17BrN2OS/c1-11(20)19-14-4-6-15(7-5-14)21-16-8-3-13(17)9-12(16)10-18-2/h3-9,18H,10H2,1-2H3,(H,19,20). The highest BCUT2D eigenvalue weighted by Gasteiger charge is 2.05. The Morgan fingerprint density at radius 2 is 1.90 bits per heavy atom. The normalized spacial score (nSPS) is 10.4. The third kappa shape index (κ3) is 4.88. The van der Waals surface area contributed by atoms with Gasteiger partial charge in [0.1, 0.15) is 0 Å². The topological polar surface area (TPSA) is 41.1 Å². The lowest BCUT2D eigenvalue weighted by Crippen LogP contribution is -2.06. The third-order valence-corrected chi connectivity index (χ3v) is 4.41. The molecule has 5 heteroatoms. The van der Waals surface area contributed by atoms with Gasteiger partial charge in [0, 0.05) is 33.4 Å². The molecule has 0 atom stereocenters. The van der Waals surface area contributed by atoms with E-state index in [1.165, 1.54) is 17.4 Å². The van der Waals surface area contributed by atoms with Crippen LogP contribution in [0, 0.1) is 0 Å². The largest absolute Gasteiger partial charge is 0.326 e. The van der Waals surface area contributed by atoms with Gasteiger partial charge in [0.25, 0.3) is 0 Å². The number of halogens is 1. The maximum atomic E-state index is 11.0. The Balaban J connectivity index is 2.16. The van der Waals surface area contributed by atoms with E-state index in [2.05, 4.69) is 38.7 Å². The number of hydrogen-bond donors (Lipinski definition) is 2. The second kappa shape index (κ2) is 7.64. The van der Waals surface area contributed by atoms with Gasteiger partial charge in [-0.2, -0.15) is 0 Å². The number of hydrogen-bond acceptors (Lipinski definition) is 3. The highest BCUT2D eigenvalue weighted by atomic mass is 79.9. The Bertz CT molecular complexity index is 629. The fourth-order valence-electron chi connectivity index (χ4n) is 1.91. The molecular formula is C16H17BrN2OS. The summed E-state index contributed by atoms with van der Waals surface area (Å²) in [4.78, 5) is 13.4. The molecule has 0 aliphatic rings. The van der Waals surface area contributed by atoms with Crippen molar-refractivity contribution in [2.24, 2.45) is 0 Å². The van der Waals surface area contributed by atoms with Crippen molar-refractivity contribution in [2.75, 3.05) is 12.4 Å². The van der Waals surface area contributed by atoms with E-state index >= 15 is 0 Å². The Morgan fingerprint density at radius 1 is 1.19 bits per heavy atom. The average Bonchev–Trinajstić information content (AvgIpc) is 2.43. The fourth-order valence-corrected chi connectivity index (χ4v) is 3.25. The number of rotatable bonds is 5. The van der Waals surface area contributed by atoms with Crippen LogP contribution in [-0.4, -0.2) is 13.0 Å². The predicted octanol–water partition coefficient (Wildman–Crippen LogP) is 4.28. The van der Waals surface area contributed by atoms with Crippen LogP contribution in [-0.2, 0) is 11.3 Å². The summed E-state index contributed by atoms with van der Waals surface area (Å²) >= 11 is 5.22. The number of carbonyl (C=O) groups excluding carboxylic acids is 1. The molecule has 1 amide bonds. The van der Waals surface area contributed by atoms with E-state index in [4.69, 9.17) is 0 Å². The number of amides is 1. The molecule has 2 rings (SSSR count). The smallest absolute Gasteiger partial charge is 0.221 e. The van der Waals surface area contributed by atoms with Gasteiger partial charge in [0.15, 0.2) is 0 Å². The lowest BCUT2D eigenvalue weighted by atomic mass is 10.2. The Morgan fingerprint density at radius 3 is 2.52 bits per heavy atom. The molecule has 2 aromatic carbocycles. The monoisotopic (exact) mass is 364 g/mol. The molecule has 0 radical (unpaired) electrons. The van der Waals surface area contributed by atoms with Crippen molar-refractivity contribution < 1.29 is 4.79 Å². The van der Waals surface area contributed by atoms with Crippen LogP contribution in [0.2, 0.25) is 0 Å². The van der Waals surface area contributed by atoms with Crippen LogP contribution in [0.15, 0.2) is 56.7 Å². The molecule has 21 heavy (non-hydrogen) atoms. The average molecular weight is 365 g/mol. The van der Waals surface area contributed by atoms with Crippen molar-refractivity contribution in [3.63, 3.8) is 0 Å². The fraction of sp³-hybridized carbons (Fsp3) is 0.188. The summed E-state index contributed by atoms with van der Waals surface area (Å²) in [5.41, 5.74) is 2.07. The van der Waals surface area contributed by atoms with Gasteiger partial charge in [-0.15, -0.1) is 0 Å². The van der Waals surface area contributed by atoms with E-state index in [9.17, 15) is 4.79 Å². The number of carbonyl (C=O) groups is 1. The van der Waals surface area contributed by atoms with Crippen LogP contribution in [0.3, 0.4) is 0 Å². The lowest BCUT2D eigenvalue weighted by Gasteiger charge is -2.10. The van der Waals surface area contributed by atoms with Crippen molar-refractivity contribution >= 4 is 39.3 Å². The van der Waals surface area contributed by atoms with Crippen molar-refractivity contribution in [2.45, 2.75) is 23.3 Å². The minimum atomic E-state index is -0.0559. The van der Waals surface area contributed by atoms with E-state index in [0.717, 1.165) is 21.6 Å². The predicted molar refractivity (Wildman–Crippen MR) is 91.8 cm³/mol. The second-order valence-corrected chi connectivity index (χ2v) is 6.62. The first-order valence-electron chi connectivity index (χ1n) is 6.57. The molecule has 0 aliphatic carbocycles. The van der Waals surface area contributed by atoms with Crippen molar-refractivity contribution in [3.8, 4) is 0 Å². The highest BCUT2D eigenvalue weighted by Crippen LogP contribution is 2.32. The van der Waals surface area contributed by atoms with Gasteiger partial charge in [-0.3, -0.25) is 4.79 Å². The van der Waals surface area contributed by atoms with Crippen LogP contribution < -0.4 is 10.6 Å². The summed E-state index contributed by atoms with van der Waals surface area (Å²) in [7, 11) is 1.94. The first kappa shape index (κ1) is 16.1. The SMILES string of the molecule is CNCc1cc(Br)ccc1Sc1ccc(NC(C)=O)cc1. The van der Waals surface area contributed by atoms with Crippen molar-refractivity contribution in [1.82, 2.24) is 5.32 Å². The molecule has 3 nitrogen and oxygen atoms in total. The van der Waals surface area contributed by atoms with Crippen LogP contribution in [0.4, 0.5) is 5.69 Å². The van der Waals surface area contributed by atoms with E-state index in [1.807, 2.05) is 37.4 Å². The summed E-state index contributed by atoms with van der Waals surface area (Å²) in [5.74, 6) is -0.0559. The van der Waals surface area contributed by atoms with Gasteiger partial charge >= 0.3 is 0 Å². The molecule has 0 heterocycles. The molecular weight excluding hydrogens is 348 g/mol. The summed E-state index contributed by atoms with van der Waals surface area (Å²) in [6.07, 6.45) is 0. The van der Waals surface area contributed by atoms with Crippen LogP contribution in [0.5, 0.6) is 0 Å². The molecule has 0 bridgehead atoms.